The molecule has 0 spiro atoms. The molecule has 0 atom stereocenters. The maximum Gasteiger partial charge on any atom is 0.291 e. The Labute approximate surface area is 143 Å². The number of methoxy groups -OCH3 is 1. The zero-order chi connectivity index (χ0) is 17.4. The predicted molar refractivity (Wildman–Crippen MR) is 91.6 cm³/mol. The van der Waals surface area contributed by atoms with Crippen LogP contribution in [-0.4, -0.2) is 13.0 Å². The quantitative estimate of drug-likeness (QED) is 0.716. The Hall–Kier alpha value is -2.53. The summed E-state index contributed by atoms with van der Waals surface area (Å²) in [6.45, 7) is 3.54. The molecule has 4 nitrogen and oxygen atoms in total. The summed E-state index contributed by atoms with van der Waals surface area (Å²) in [4.78, 5) is 12.6. The van der Waals surface area contributed by atoms with Crippen molar-refractivity contribution in [2.45, 2.75) is 13.8 Å². The highest BCUT2D eigenvalue weighted by Crippen LogP contribution is 2.32. The van der Waals surface area contributed by atoms with E-state index in [9.17, 15) is 9.18 Å². The molecule has 0 unspecified atom stereocenters. The van der Waals surface area contributed by atoms with Crippen molar-refractivity contribution >= 4 is 34.2 Å². The number of ether oxygens (including phenoxy) is 1. The predicted octanol–water partition coefficient (Wildman–Crippen LogP) is 5.10. The first kappa shape index (κ1) is 16.3. The standard InChI is InChI=1S/C18H15ClFNO3/c1-9-6-14(16(23-3)8-13(9)19)21-18(22)17-10(2)12-7-11(20)4-5-15(12)24-17/h4-8H,1-3H3,(H,21,22). The van der Waals surface area contributed by atoms with Gasteiger partial charge in [-0.25, -0.2) is 4.39 Å². The van der Waals surface area contributed by atoms with Crippen LogP contribution in [-0.2, 0) is 0 Å². The van der Waals surface area contributed by atoms with E-state index in [-0.39, 0.29) is 11.6 Å². The van der Waals surface area contributed by atoms with Crippen LogP contribution in [0.2, 0.25) is 5.02 Å². The van der Waals surface area contributed by atoms with Crippen LogP contribution in [0.5, 0.6) is 5.75 Å². The van der Waals surface area contributed by atoms with Crippen molar-refractivity contribution in [2.75, 3.05) is 12.4 Å². The highest BCUT2D eigenvalue weighted by molar-refractivity contribution is 6.31. The second-order valence-electron chi connectivity index (χ2n) is 5.45. The normalized spacial score (nSPS) is 10.9. The van der Waals surface area contributed by atoms with Gasteiger partial charge in [0.15, 0.2) is 5.76 Å². The third-order valence-electron chi connectivity index (χ3n) is 3.83. The number of nitrogens with one attached hydrogen (secondary N) is 1. The maximum atomic E-state index is 13.4. The van der Waals surface area contributed by atoms with Crippen molar-refractivity contribution in [3.63, 3.8) is 0 Å². The second kappa shape index (κ2) is 6.17. The van der Waals surface area contributed by atoms with E-state index in [1.165, 1.54) is 25.3 Å². The van der Waals surface area contributed by atoms with Crippen LogP contribution in [0.25, 0.3) is 11.0 Å². The summed E-state index contributed by atoms with van der Waals surface area (Å²) in [5.74, 6) is -0.249. The van der Waals surface area contributed by atoms with E-state index in [0.29, 0.717) is 33.0 Å². The Morgan fingerprint density at radius 1 is 1.25 bits per heavy atom. The van der Waals surface area contributed by atoms with Crippen LogP contribution in [0.4, 0.5) is 10.1 Å². The first-order chi connectivity index (χ1) is 11.4. The van der Waals surface area contributed by atoms with Crippen LogP contribution in [0, 0.1) is 19.7 Å². The van der Waals surface area contributed by atoms with Gasteiger partial charge in [-0.05, 0) is 43.7 Å². The first-order valence-electron chi connectivity index (χ1n) is 7.25. The highest BCUT2D eigenvalue weighted by Gasteiger charge is 2.20. The fourth-order valence-electron chi connectivity index (χ4n) is 2.52. The molecule has 6 heteroatoms. The molecule has 1 aromatic heterocycles. The van der Waals surface area contributed by atoms with Gasteiger partial charge in [0.1, 0.15) is 17.1 Å². The first-order valence-corrected chi connectivity index (χ1v) is 7.62. The number of hydrogen-bond acceptors (Lipinski definition) is 3. The number of amides is 1. The molecule has 0 aliphatic heterocycles. The van der Waals surface area contributed by atoms with Crippen molar-refractivity contribution in [2.24, 2.45) is 0 Å². The molecule has 0 aliphatic carbocycles. The molecule has 1 N–H and O–H groups in total. The van der Waals surface area contributed by atoms with Gasteiger partial charge in [-0.1, -0.05) is 11.6 Å². The second-order valence-corrected chi connectivity index (χ2v) is 5.86. The molecule has 0 bridgehead atoms. The smallest absolute Gasteiger partial charge is 0.291 e. The van der Waals surface area contributed by atoms with E-state index in [1.807, 2.05) is 6.92 Å². The SMILES string of the molecule is COc1cc(Cl)c(C)cc1NC(=O)c1oc2ccc(F)cc2c1C. The number of aryl methyl sites for hydroxylation is 2. The number of carbonyl (C=O) groups is 1. The number of anilines is 1. The van der Waals surface area contributed by atoms with Gasteiger partial charge in [0.05, 0.1) is 12.8 Å². The average Bonchev–Trinajstić information content (AvgIpc) is 2.87. The fourth-order valence-corrected chi connectivity index (χ4v) is 2.67. The molecule has 0 fully saturated rings. The topological polar surface area (TPSA) is 51.5 Å². The van der Waals surface area contributed by atoms with Gasteiger partial charge in [-0.15, -0.1) is 0 Å². The van der Waals surface area contributed by atoms with E-state index in [0.717, 1.165) is 5.56 Å². The van der Waals surface area contributed by atoms with Crippen molar-refractivity contribution in [1.29, 1.82) is 0 Å². The van der Waals surface area contributed by atoms with E-state index >= 15 is 0 Å². The van der Waals surface area contributed by atoms with Gasteiger partial charge in [0, 0.05) is 22.0 Å². The summed E-state index contributed by atoms with van der Waals surface area (Å²) < 4.78 is 24.2. The molecule has 124 valence electrons. The lowest BCUT2D eigenvalue weighted by Crippen LogP contribution is -2.13. The molecular formula is C18H15ClFNO3. The Balaban J connectivity index is 1.99. The summed E-state index contributed by atoms with van der Waals surface area (Å²) in [5.41, 5.74) is 2.32. The van der Waals surface area contributed by atoms with E-state index < -0.39 is 5.91 Å². The van der Waals surface area contributed by atoms with Gasteiger partial charge in [-0.2, -0.15) is 0 Å². The molecule has 0 saturated carbocycles. The molecule has 1 amide bonds. The molecule has 0 saturated heterocycles. The van der Waals surface area contributed by atoms with Gasteiger partial charge in [0.25, 0.3) is 5.91 Å². The lowest BCUT2D eigenvalue weighted by molar-refractivity contribution is 0.0997. The Bertz CT molecular complexity index is 949. The number of hydrogen-bond donors (Lipinski definition) is 1. The summed E-state index contributed by atoms with van der Waals surface area (Å²) in [7, 11) is 1.49. The lowest BCUT2D eigenvalue weighted by Gasteiger charge is -2.11. The van der Waals surface area contributed by atoms with Crippen LogP contribution in [0.15, 0.2) is 34.7 Å². The maximum absolute atomic E-state index is 13.4. The van der Waals surface area contributed by atoms with Gasteiger partial charge in [-0.3, -0.25) is 4.79 Å². The van der Waals surface area contributed by atoms with Crippen LogP contribution in [0.3, 0.4) is 0 Å². The molecule has 2 aromatic carbocycles. The number of fused-ring (bicyclic) bond motifs is 1. The van der Waals surface area contributed by atoms with E-state index in [1.54, 1.807) is 19.1 Å². The monoisotopic (exact) mass is 347 g/mol. The minimum Gasteiger partial charge on any atom is -0.495 e. The highest BCUT2D eigenvalue weighted by atomic mass is 35.5. The molecule has 0 radical (unpaired) electrons. The Morgan fingerprint density at radius 2 is 2.00 bits per heavy atom. The number of rotatable bonds is 3. The van der Waals surface area contributed by atoms with Crippen molar-refractivity contribution in [1.82, 2.24) is 0 Å². The third kappa shape index (κ3) is 2.83. The Kier molecular flexibility index (Phi) is 4.20. The van der Waals surface area contributed by atoms with Crippen molar-refractivity contribution < 1.29 is 18.3 Å². The van der Waals surface area contributed by atoms with E-state index in [2.05, 4.69) is 5.32 Å². The minimum absolute atomic E-state index is 0.130. The minimum atomic E-state index is -0.441. The fraction of sp³-hybridized carbons (Fsp3) is 0.167. The van der Waals surface area contributed by atoms with Gasteiger partial charge in [0.2, 0.25) is 0 Å². The lowest BCUT2D eigenvalue weighted by atomic mass is 10.1. The number of benzene rings is 2. The molecule has 3 aromatic rings. The molecular weight excluding hydrogens is 333 g/mol. The Morgan fingerprint density at radius 3 is 2.71 bits per heavy atom. The average molecular weight is 348 g/mol. The van der Waals surface area contributed by atoms with E-state index in [4.69, 9.17) is 20.8 Å². The number of halogens is 2. The van der Waals surface area contributed by atoms with Crippen molar-refractivity contribution in [3.05, 3.63) is 58.1 Å². The van der Waals surface area contributed by atoms with Gasteiger partial charge >= 0.3 is 0 Å². The number of furan rings is 1. The largest absolute Gasteiger partial charge is 0.495 e. The zero-order valence-corrected chi connectivity index (χ0v) is 14.1. The summed E-state index contributed by atoms with van der Waals surface area (Å²) >= 11 is 6.06. The third-order valence-corrected chi connectivity index (χ3v) is 4.24. The van der Waals surface area contributed by atoms with Crippen LogP contribution in [0.1, 0.15) is 21.7 Å². The summed E-state index contributed by atoms with van der Waals surface area (Å²) in [6.07, 6.45) is 0. The summed E-state index contributed by atoms with van der Waals surface area (Å²) in [5, 5.41) is 3.86. The molecule has 3 rings (SSSR count). The van der Waals surface area contributed by atoms with Crippen LogP contribution >= 0.6 is 11.6 Å². The number of carbonyl (C=O) groups excluding carboxylic acids is 1. The zero-order valence-electron chi connectivity index (χ0n) is 13.4. The van der Waals surface area contributed by atoms with Gasteiger partial charge < -0.3 is 14.5 Å². The van der Waals surface area contributed by atoms with Crippen molar-refractivity contribution in [3.8, 4) is 5.75 Å². The molecule has 24 heavy (non-hydrogen) atoms. The molecule has 1 heterocycles. The summed E-state index contributed by atoms with van der Waals surface area (Å²) in [6, 6.07) is 7.49. The van der Waals surface area contributed by atoms with Crippen LogP contribution < -0.4 is 10.1 Å². The molecule has 0 aliphatic rings.